The number of para-hydroxylation sites is 4. The van der Waals surface area contributed by atoms with Gasteiger partial charge in [0.05, 0.1) is 50.2 Å². The normalized spacial score (nSPS) is 11.4. The standard InChI is InChI=1S/C49H32N4.C43H28N4.C37H24N4/c1-5-16-33(17-6-1)37-28-30-45-43(32-37)41-27-15-26-38(34-18-7-2-8-19-34)46(41)53(45)44-31-29-42(39-24-13-14-25-40(39)44)49-51-47(35-20-9-3-10-21-35)50-48(52-49)36-22-11-4-12-23-36;1-4-14-29(15-5-1)32-24-26-40-37(28-32)35-22-12-13-23-38(35)47(40)39-27-25-36(33-20-10-11-21-34(33)39)43-45-41(30-16-6-2-7-17-30)44-42(46-43)31-18-8-3-9-19-31;1-3-13-25(14-4-1)35-38-36(26-15-5-2-6-16-26)40-37(39-35)31-23-24-34(28-18-8-7-17-27(28)31)41-32-21-11-9-19-29(32)30-20-10-12-22-33(30)41/h1-32H;1-28H;1-24H. The highest BCUT2D eigenvalue weighted by atomic mass is 15.1. The van der Waals surface area contributed by atoms with E-state index in [-0.39, 0.29) is 0 Å². The van der Waals surface area contributed by atoms with Gasteiger partial charge in [-0.05, 0) is 123 Å². The number of aromatic nitrogens is 12. The van der Waals surface area contributed by atoms with Gasteiger partial charge >= 0.3 is 0 Å². The van der Waals surface area contributed by atoms with Gasteiger partial charge in [0.1, 0.15) is 0 Å². The highest BCUT2D eigenvalue weighted by Crippen LogP contribution is 2.46. The average molecular weight is 1800 g/mol. The number of rotatable bonds is 15. The van der Waals surface area contributed by atoms with Crippen molar-refractivity contribution in [2.45, 2.75) is 0 Å². The van der Waals surface area contributed by atoms with Crippen LogP contribution in [0.25, 0.3) is 251 Å². The van der Waals surface area contributed by atoms with Crippen molar-refractivity contribution in [2.24, 2.45) is 0 Å². The second-order valence-electron chi connectivity index (χ2n) is 35.0. The van der Waals surface area contributed by atoms with E-state index >= 15 is 0 Å². The molecular weight excluding hydrogens is 1720 g/mol. The molecule has 0 saturated heterocycles. The Balaban J connectivity index is 0.000000112. The van der Waals surface area contributed by atoms with Gasteiger partial charge in [0.2, 0.25) is 0 Å². The minimum atomic E-state index is 0.639. The molecule has 0 bridgehead atoms. The first-order valence-corrected chi connectivity index (χ1v) is 47.4. The Labute approximate surface area is 813 Å². The predicted octanol–water partition coefficient (Wildman–Crippen LogP) is 32.4. The third-order valence-electron chi connectivity index (χ3n) is 26.6. The Morgan fingerprint density at radius 1 is 0.113 bits per heavy atom. The molecule has 6 aromatic heterocycles. The molecule has 27 rings (SSSR count). The topological polar surface area (TPSA) is 131 Å². The van der Waals surface area contributed by atoms with Gasteiger partial charge in [0.25, 0.3) is 0 Å². The van der Waals surface area contributed by atoms with Crippen molar-refractivity contribution in [1.82, 2.24) is 58.6 Å². The fourth-order valence-electron chi connectivity index (χ4n) is 20.0. The van der Waals surface area contributed by atoms with Gasteiger partial charge in [-0.3, -0.25) is 0 Å². The van der Waals surface area contributed by atoms with Crippen LogP contribution in [0.2, 0.25) is 0 Å². The molecule has 0 spiro atoms. The molecule has 6 heterocycles. The lowest BCUT2D eigenvalue weighted by Gasteiger charge is -2.16. The molecule has 12 heteroatoms. The molecular formula is C129H84N12. The molecule has 0 N–H and O–H groups in total. The molecule has 0 aliphatic carbocycles. The fraction of sp³-hybridized carbons (Fsp3) is 0. The summed E-state index contributed by atoms with van der Waals surface area (Å²) >= 11 is 0. The Hall–Kier alpha value is -19.2. The lowest BCUT2D eigenvalue weighted by Crippen LogP contribution is -2.02. The van der Waals surface area contributed by atoms with Crippen LogP contribution in [0.1, 0.15) is 0 Å². The third-order valence-corrected chi connectivity index (χ3v) is 26.6. The summed E-state index contributed by atoms with van der Waals surface area (Å²) in [5, 5.41) is 14.0. The maximum absolute atomic E-state index is 5.11. The van der Waals surface area contributed by atoms with Gasteiger partial charge in [0, 0.05) is 104 Å². The molecule has 0 atom stereocenters. The number of fused-ring (bicyclic) bond motifs is 12. The van der Waals surface area contributed by atoms with E-state index in [1.165, 1.54) is 93.3 Å². The average Bonchev–Trinajstić information content (AvgIpc) is 1.61. The molecule has 660 valence electrons. The van der Waals surface area contributed by atoms with Crippen LogP contribution in [-0.4, -0.2) is 58.6 Å². The van der Waals surface area contributed by atoms with E-state index in [4.69, 9.17) is 44.9 Å². The molecule has 0 amide bonds. The van der Waals surface area contributed by atoms with Crippen LogP contribution < -0.4 is 0 Å². The first-order chi connectivity index (χ1) is 70.0. The minimum Gasteiger partial charge on any atom is -0.309 e. The van der Waals surface area contributed by atoms with Crippen LogP contribution in [-0.2, 0) is 0 Å². The minimum absolute atomic E-state index is 0.639. The zero-order valence-corrected chi connectivity index (χ0v) is 76.4. The van der Waals surface area contributed by atoms with E-state index < -0.39 is 0 Å². The van der Waals surface area contributed by atoms with Gasteiger partial charge in [-0.15, -0.1) is 0 Å². The van der Waals surface area contributed by atoms with Gasteiger partial charge in [-0.1, -0.05) is 431 Å². The number of hydrogen-bond donors (Lipinski definition) is 0. The van der Waals surface area contributed by atoms with Crippen LogP contribution >= 0.6 is 0 Å². The molecule has 0 unspecified atom stereocenters. The molecule has 0 saturated carbocycles. The summed E-state index contributed by atoms with van der Waals surface area (Å²) in [5.41, 5.74) is 26.2. The lowest BCUT2D eigenvalue weighted by atomic mass is 10.00. The summed E-state index contributed by atoms with van der Waals surface area (Å²) < 4.78 is 7.21. The Morgan fingerprint density at radius 2 is 0.333 bits per heavy atom. The molecule has 0 fully saturated rings. The smallest absolute Gasteiger partial charge is 0.164 e. The summed E-state index contributed by atoms with van der Waals surface area (Å²) in [4.78, 5) is 45.1. The van der Waals surface area contributed by atoms with Crippen molar-refractivity contribution in [1.29, 1.82) is 0 Å². The van der Waals surface area contributed by atoms with Crippen LogP contribution in [0, 0.1) is 0 Å². The zero-order valence-electron chi connectivity index (χ0n) is 76.4. The Morgan fingerprint density at radius 3 is 0.645 bits per heavy atom. The highest BCUT2D eigenvalue weighted by molar-refractivity contribution is 6.18. The predicted molar refractivity (Wildman–Crippen MR) is 580 cm³/mol. The maximum Gasteiger partial charge on any atom is 0.164 e. The van der Waals surface area contributed by atoms with Crippen molar-refractivity contribution in [2.75, 3.05) is 0 Å². The Bertz CT molecular complexity index is 9160. The first-order valence-electron chi connectivity index (χ1n) is 47.4. The highest BCUT2D eigenvalue weighted by Gasteiger charge is 2.26. The van der Waals surface area contributed by atoms with Gasteiger partial charge in [-0.25, -0.2) is 44.9 Å². The van der Waals surface area contributed by atoms with E-state index in [9.17, 15) is 0 Å². The third kappa shape index (κ3) is 15.7. The van der Waals surface area contributed by atoms with E-state index in [1.807, 2.05) is 182 Å². The van der Waals surface area contributed by atoms with Gasteiger partial charge in [0.15, 0.2) is 52.4 Å². The van der Waals surface area contributed by atoms with Crippen molar-refractivity contribution >= 4 is 97.7 Å². The number of hydrogen-bond acceptors (Lipinski definition) is 9. The van der Waals surface area contributed by atoms with E-state index in [0.717, 1.165) is 105 Å². The molecule has 12 nitrogen and oxygen atoms in total. The van der Waals surface area contributed by atoms with Crippen LogP contribution in [0.5, 0.6) is 0 Å². The number of benzene rings is 21. The van der Waals surface area contributed by atoms with Crippen molar-refractivity contribution in [3.05, 3.63) is 510 Å². The zero-order chi connectivity index (χ0) is 93.5. The van der Waals surface area contributed by atoms with Crippen LogP contribution in [0.3, 0.4) is 0 Å². The van der Waals surface area contributed by atoms with E-state index in [1.54, 1.807) is 0 Å². The second-order valence-corrected chi connectivity index (χ2v) is 35.0. The van der Waals surface area contributed by atoms with Gasteiger partial charge in [-0.2, -0.15) is 0 Å². The summed E-state index contributed by atoms with van der Waals surface area (Å²) in [6.07, 6.45) is 0. The molecule has 0 aliphatic heterocycles. The molecule has 0 radical (unpaired) electrons. The van der Waals surface area contributed by atoms with Gasteiger partial charge < -0.3 is 13.7 Å². The molecule has 0 aliphatic rings. The lowest BCUT2D eigenvalue weighted by molar-refractivity contribution is 1.07. The number of nitrogens with zero attached hydrogens (tertiary/aromatic N) is 12. The van der Waals surface area contributed by atoms with Crippen molar-refractivity contribution < 1.29 is 0 Å². The summed E-state index contributed by atoms with van der Waals surface area (Å²) in [6, 6.07) is 178. The fourth-order valence-corrected chi connectivity index (χ4v) is 20.0. The summed E-state index contributed by atoms with van der Waals surface area (Å²) in [7, 11) is 0. The van der Waals surface area contributed by atoms with Crippen molar-refractivity contribution in [3.8, 4) is 153 Å². The SMILES string of the molecule is c1ccc(-c2ccc3c(c2)c2cccc(-c4ccccc4)c2n3-c2ccc(-c3nc(-c4ccccc4)nc(-c4ccccc4)n3)c3ccccc23)cc1.c1ccc(-c2ccc3c(c2)c2ccccc2n3-c2ccc(-c3nc(-c4ccccc4)nc(-c4ccccc4)n3)c3ccccc23)cc1.c1ccc(-c2nc(-c3ccccc3)nc(-c3ccc(-n4c5ccccc5c5ccccc54)c4ccccc34)n2)cc1. The van der Waals surface area contributed by atoms with Crippen molar-refractivity contribution in [3.63, 3.8) is 0 Å². The largest absolute Gasteiger partial charge is 0.309 e. The second kappa shape index (κ2) is 36.6. The van der Waals surface area contributed by atoms with Crippen LogP contribution in [0.4, 0.5) is 0 Å². The molecule has 27 aromatic rings. The van der Waals surface area contributed by atoms with E-state index in [2.05, 4.69) is 341 Å². The quantitative estimate of drug-likeness (QED) is 0.0984. The Kier molecular flexibility index (Phi) is 21.7. The summed E-state index contributed by atoms with van der Waals surface area (Å²) in [5.74, 6) is 5.85. The molecule has 141 heavy (non-hydrogen) atoms. The molecule has 21 aromatic carbocycles. The maximum atomic E-state index is 5.11. The van der Waals surface area contributed by atoms with Crippen LogP contribution in [0.15, 0.2) is 510 Å². The first kappa shape index (κ1) is 83.6. The monoisotopic (exact) mass is 1800 g/mol. The summed E-state index contributed by atoms with van der Waals surface area (Å²) in [6.45, 7) is 0. The van der Waals surface area contributed by atoms with E-state index in [0.29, 0.717) is 52.4 Å².